The number of anilines is 1. The van der Waals surface area contributed by atoms with Crippen molar-refractivity contribution in [2.24, 2.45) is 0 Å². The van der Waals surface area contributed by atoms with E-state index < -0.39 is 0 Å². The van der Waals surface area contributed by atoms with Crippen molar-refractivity contribution in [3.8, 4) is 0 Å². The Labute approximate surface area is 400 Å². The van der Waals surface area contributed by atoms with Gasteiger partial charge in [-0.2, -0.15) is 0 Å². The van der Waals surface area contributed by atoms with Crippen molar-refractivity contribution in [3.05, 3.63) is 128 Å². The number of carbonyl (C=O) groups excluding carboxylic acids is 2. The lowest BCUT2D eigenvalue weighted by Crippen LogP contribution is -2.37. The molecule has 4 heterocycles. The van der Waals surface area contributed by atoms with Crippen molar-refractivity contribution in [2.45, 2.75) is 85.0 Å². The maximum Gasteiger partial charge on any atom is 0.409 e. The van der Waals surface area contributed by atoms with Gasteiger partial charge in [-0.25, -0.2) is 9.59 Å². The Kier molecular flexibility index (Phi) is 16.2. The van der Waals surface area contributed by atoms with Crippen molar-refractivity contribution in [3.63, 3.8) is 0 Å². The first kappa shape index (κ1) is 46.6. The summed E-state index contributed by atoms with van der Waals surface area (Å²) >= 11 is 23.8. The van der Waals surface area contributed by atoms with Gasteiger partial charge in [0.1, 0.15) is 0 Å². The zero-order valence-electron chi connectivity index (χ0n) is 35.5. The van der Waals surface area contributed by atoms with Gasteiger partial charge in [-0.05, 0) is 172 Å². The third-order valence-corrected chi connectivity index (χ3v) is 15.1. The fourth-order valence-electron chi connectivity index (χ4n) is 8.88. The molecule has 14 heteroatoms. The number of rotatable bonds is 6. The van der Waals surface area contributed by atoms with Crippen LogP contribution in [-0.4, -0.2) is 77.9 Å². The number of hydrogen-bond acceptors (Lipinski definition) is 7. The monoisotopic (exact) mass is 1070 g/mol. The predicted octanol–water partition coefficient (Wildman–Crippen LogP) is 13.3. The molecule has 62 heavy (non-hydrogen) atoms. The lowest BCUT2D eigenvalue weighted by Gasteiger charge is -2.29. The van der Waals surface area contributed by atoms with E-state index in [1.54, 1.807) is 9.80 Å². The van der Waals surface area contributed by atoms with Crippen LogP contribution in [0, 0.1) is 0 Å². The first-order valence-electron chi connectivity index (χ1n) is 21.6. The molecule has 9 nitrogen and oxygen atoms in total. The summed E-state index contributed by atoms with van der Waals surface area (Å²) in [5.74, 6) is 0. The number of piperidine rings is 2. The van der Waals surface area contributed by atoms with Crippen LogP contribution in [0.2, 0.25) is 10.0 Å². The van der Waals surface area contributed by atoms with Gasteiger partial charge >= 0.3 is 12.2 Å². The normalized spacial score (nSPS) is 15.9. The highest BCUT2D eigenvalue weighted by molar-refractivity contribution is 9.13. The number of likely N-dealkylation sites (tertiary alicyclic amines) is 2. The van der Waals surface area contributed by atoms with Crippen LogP contribution < -0.4 is 5.32 Å². The van der Waals surface area contributed by atoms with E-state index in [9.17, 15) is 9.59 Å². The Balaban J connectivity index is 0.000000188. The van der Waals surface area contributed by atoms with Crippen LogP contribution in [0.5, 0.6) is 0 Å². The second-order valence-corrected chi connectivity index (χ2v) is 19.1. The summed E-state index contributed by atoms with van der Waals surface area (Å²) in [7, 11) is 0. The number of benzene rings is 2. The number of aryl methyl sites for hydroxylation is 2. The first-order chi connectivity index (χ1) is 30.0. The van der Waals surface area contributed by atoms with E-state index in [-0.39, 0.29) is 12.2 Å². The molecular weight excluding hydrogens is 1020 g/mol. The summed E-state index contributed by atoms with van der Waals surface area (Å²) in [6, 6.07) is 12.3. The molecule has 2 aliphatic heterocycles. The Hall–Kier alpha value is -3.42. The Morgan fingerprint density at radius 2 is 1.13 bits per heavy atom. The number of ether oxygens (including phenoxy) is 2. The topological polar surface area (TPSA) is 96.9 Å². The van der Waals surface area contributed by atoms with E-state index in [0.29, 0.717) is 39.4 Å². The van der Waals surface area contributed by atoms with E-state index in [0.717, 1.165) is 111 Å². The smallest absolute Gasteiger partial charge is 0.409 e. The van der Waals surface area contributed by atoms with Crippen LogP contribution in [-0.2, 0) is 35.2 Å². The van der Waals surface area contributed by atoms with Gasteiger partial charge in [0.15, 0.2) is 0 Å². The SMILES string of the molecule is CCCCNc1c(Br)cnc2c1CCc1cc(Cl)ccc1C2=C1CCN(C(=O)OCC)CC1.CCOC(=O)N1CCC(=C2c3ccc(Cl)cc3CCc3c2ncc(Br)c3Br)CC1. The largest absolute Gasteiger partial charge is 0.450 e. The standard InChI is InChI=1S/C26H31BrClN3O2.C22H21Br2ClN2O2/c1-3-5-12-29-24-21-8-6-18-15-19(28)7-9-20(18)23(25(21)30-16-22(24)27)17-10-13-31(14-11-17)26(32)33-4-2;1-2-29-22(28)27-9-7-13(8-10-27)19-16-6-4-15(25)11-14(16)3-5-17-20(24)18(23)12-26-21(17)19/h7,9,15-16H,3-6,8,10-14H2,1-2H3,(H,29,30);4,6,11-12H,2-3,5,7-10H2,1H3. The molecule has 2 amide bonds. The molecule has 0 atom stereocenters. The zero-order chi connectivity index (χ0) is 43.9. The molecule has 2 aromatic heterocycles. The molecule has 0 unspecified atom stereocenters. The van der Waals surface area contributed by atoms with E-state index >= 15 is 0 Å². The maximum atomic E-state index is 12.2. The van der Waals surface area contributed by atoms with Crippen molar-refractivity contribution < 1.29 is 19.1 Å². The summed E-state index contributed by atoms with van der Waals surface area (Å²) < 4.78 is 13.4. The number of pyridine rings is 2. The van der Waals surface area contributed by atoms with Crippen molar-refractivity contribution in [2.75, 3.05) is 51.3 Å². The maximum absolute atomic E-state index is 12.2. The quantitative estimate of drug-likeness (QED) is 0.192. The molecule has 0 spiro atoms. The van der Waals surface area contributed by atoms with Gasteiger partial charge in [-0.15, -0.1) is 0 Å². The van der Waals surface area contributed by atoms with E-state index in [1.807, 2.05) is 38.4 Å². The lowest BCUT2D eigenvalue weighted by atomic mass is 9.88. The highest BCUT2D eigenvalue weighted by Gasteiger charge is 2.30. The molecule has 2 saturated heterocycles. The van der Waals surface area contributed by atoms with Crippen LogP contribution in [0.25, 0.3) is 11.1 Å². The molecule has 2 fully saturated rings. The molecular formula is C48H52Br3Cl2N5O4. The third-order valence-electron chi connectivity index (χ3n) is 12.0. The van der Waals surface area contributed by atoms with Crippen molar-refractivity contribution >= 4 is 100 Å². The number of aromatic nitrogens is 2. The molecule has 2 aromatic carbocycles. The van der Waals surface area contributed by atoms with Gasteiger partial charge in [0.2, 0.25) is 0 Å². The molecule has 2 aliphatic carbocycles. The first-order valence-corrected chi connectivity index (χ1v) is 24.8. The molecule has 1 N–H and O–H groups in total. The Morgan fingerprint density at radius 1 is 0.661 bits per heavy atom. The number of nitrogens with one attached hydrogen (secondary N) is 1. The minimum Gasteiger partial charge on any atom is -0.450 e. The number of nitrogens with zero attached hydrogens (tertiary/aromatic N) is 4. The van der Waals surface area contributed by atoms with Gasteiger partial charge in [0, 0.05) is 76.3 Å². The average molecular weight is 1070 g/mol. The molecule has 328 valence electrons. The van der Waals surface area contributed by atoms with E-state index in [2.05, 4.69) is 84.3 Å². The second kappa shape index (κ2) is 21.5. The third kappa shape index (κ3) is 10.4. The van der Waals surface area contributed by atoms with Crippen LogP contribution in [0.15, 0.2) is 73.4 Å². The Bertz CT molecular complexity index is 2390. The van der Waals surface area contributed by atoms with Gasteiger partial charge in [0.25, 0.3) is 0 Å². The Morgan fingerprint density at radius 3 is 1.61 bits per heavy atom. The van der Waals surface area contributed by atoms with E-state index in [4.69, 9.17) is 42.6 Å². The van der Waals surface area contributed by atoms with Gasteiger partial charge in [0.05, 0.1) is 39.2 Å². The zero-order valence-corrected chi connectivity index (χ0v) is 41.7. The predicted molar refractivity (Wildman–Crippen MR) is 260 cm³/mol. The van der Waals surface area contributed by atoms with Gasteiger partial charge < -0.3 is 24.6 Å². The highest BCUT2D eigenvalue weighted by atomic mass is 79.9. The molecule has 4 aliphatic rings. The summed E-state index contributed by atoms with van der Waals surface area (Å²) in [6.45, 7) is 10.3. The van der Waals surface area contributed by atoms with Gasteiger partial charge in [-0.1, -0.05) is 59.8 Å². The summed E-state index contributed by atoms with van der Waals surface area (Å²) in [4.78, 5) is 37.7. The summed E-state index contributed by atoms with van der Waals surface area (Å²) in [6.07, 6.45) is 12.4. The number of amides is 2. The minimum absolute atomic E-state index is 0.223. The van der Waals surface area contributed by atoms with Crippen LogP contribution >= 0.6 is 71.0 Å². The van der Waals surface area contributed by atoms with E-state index in [1.165, 1.54) is 55.7 Å². The van der Waals surface area contributed by atoms with Crippen LogP contribution in [0.1, 0.15) is 104 Å². The second-order valence-electron chi connectivity index (χ2n) is 15.8. The molecule has 0 saturated carbocycles. The van der Waals surface area contributed by atoms with Crippen LogP contribution in [0.4, 0.5) is 15.3 Å². The van der Waals surface area contributed by atoms with Crippen molar-refractivity contribution in [1.82, 2.24) is 19.8 Å². The van der Waals surface area contributed by atoms with Gasteiger partial charge in [-0.3, -0.25) is 9.97 Å². The fourth-order valence-corrected chi connectivity index (χ4v) is 10.6. The number of halogens is 5. The van der Waals surface area contributed by atoms with Crippen molar-refractivity contribution in [1.29, 1.82) is 0 Å². The molecule has 8 rings (SSSR count). The molecule has 0 radical (unpaired) electrons. The summed E-state index contributed by atoms with van der Waals surface area (Å²) in [5, 5.41) is 5.18. The lowest BCUT2D eigenvalue weighted by molar-refractivity contribution is 0.103. The fraction of sp³-hybridized carbons (Fsp3) is 0.417. The number of unbranched alkanes of at least 4 members (excludes halogenated alkanes) is 1. The number of fused-ring (bicyclic) bond motifs is 4. The summed E-state index contributed by atoms with van der Waals surface area (Å²) in [5.41, 5.74) is 15.7. The average Bonchev–Trinajstić information content (AvgIpc) is 3.54. The molecule has 0 bridgehead atoms. The highest BCUT2D eigenvalue weighted by Crippen LogP contribution is 2.44. The minimum atomic E-state index is -0.227. The molecule has 4 aromatic rings. The number of hydrogen-bond donors (Lipinski definition) is 1. The van der Waals surface area contributed by atoms with Crippen LogP contribution in [0.3, 0.4) is 0 Å². The number of carbonyl (C=O) groups is 2.